The molecule has 0 aliphatic carbocycles. The van der Waals surface area contributed by atoms with Crippen molar-refractivity contribution in [2.24, 2.45) is 5.92 Å². The standard InChI is InChI=1S/C24H27F5N4O2/c25-17-10-16(11-18(26)13-17)12-22(34)31-19-3-4-21(30-14-15-5-8-35-9-6-15)32-23(19)33-7-1-2-20(33)24(27,28)29/h3-4,10-11,13,15,20H,1-2,5-9,12,14H2,(H,30,32)(H,31,34)/t20-/m1/s1. The fraction of sp³-hybridized carbons (Fsp3) is 0.500. The van der Waals surface area contributed by atoms with E-state index in [0.29, 0.717) is 44.0 Å². The van der Waals surface area contributed by atoms with Crippen LogP contribution in [0.1, 0.15) is 31.2 Å². The minimum atomic E-state index is -4.45. The van der Waals surface area contributed by atoms with Gasteiger partial charge in [-0.15, -0.1) is 0 Å². The van der Waals surface area contributed by atoms with Crippen LogP contribution < -0.4 is 15.5 Å². The maximum absolute atomic E-state index is 13.7. The average molecular weight is 498 g/mol. The van der Waals surface area contributed by atoms with E-state index in [1.807, 2.05) is 0 Å². The van der Waals surface area contributed by atoms with Gasteiger partial charge in [-0.05, 0) is 61.4 Å². The second-order valence-electron chi connectivity index (χ2n) is 8.90. The predicted octanol–water partition coefficient (Wildman–Crippen LogP) is 4.91. The normalized spacial score (nSPS) is 19.1. The Labute approximate surface area is 199 Å². The maximum Gasteiger partial charge on any atom is 0.408 e. The second kappa shape index (κ2) is 10.8. The second-order valence-corrected chi connectivity index (χ2v) is 8.90. The molecule has 11 heteroatoms. The van der Waals surface area contributed by atoms with Gasteiger partial charge in [-0.25, -0.2) is 13.8 Å². The first-order valence-corrected chi connectivity index (χ1v) is 11.6. The lowest BCUT2D eigenvalue weighted by molar-refractivity contribution is -0.146. The highest BCUT2D eigenvalue weighted by molar-refractivity contribution is 5.95. The summed E-state index contributed by atoms with van der Waals surface area (Å²) in [6, 6.07) is 4.15. The van der Waals surface area contributed by atoms with E-state index in [1.165, 1.54) is 6.07 Å². The smallest absolute Gasteiger partial charge is 0.381 e. The number of amides is 1. The van der Waals surface area contributed by atoms with E-state index in [-0.39, 0.29) is 36.5 Å². The number of carbonyl (C=O) groups is 1. The summed E-state index contributed by atoms with van der Waals surface area (Å²) in [7, 11) is 0. The van der Waals surface area contributed by atoms with Crippen molar-refractivity contribution in [3.8, 4) is 0 Å². The number of hydrogen-bond donors (Lipinski definition) is 2. The van der Waals surface area contributed by atoms with Gasteiger partial charge in [0.2, 0.25) is 5.91 Å². The van der Waals surface area contributed by atoms with Crippen LogP contribution in [0, 0.1) is 17.6 Å². The third-order valence-corrected chi connectivity index (χ3v) is 6.25. The van der Waals surface area contributed by atoms with Crippen LogP contribution in [-0.2, 0) is 16.0 Å². The first kappa shape index (κ1) is 25.2. The van der Waals surface area contributed by atoms with Crippen LogP contribution in [0.5, 0.6) is 0 Å². The van der Waals surface area contributed by atoms with Crippen LogP contribution in [0.3, 0.4) is 0 Å². The minimum Gasteiger partial charge on any atom is -0.381 e. The molecule has 3 heterocycles. The predicted molar refractivity (Wildman–Crippen MR) is 121 cm³/mol. The van der Waals surface area contributed by atoms with E-state index in [1.54, 1.807) is 6.07 Å². The fourth-order valence-electron chi connectivity index (χ4n) is 4.52. The first-order chi connectivity index (χ1) is 16.7. The third kappa shape index (κ3) is 6.59. The Bertz CT molecular complexity index is 1020. The van der Waals surface area contributed by atoms with Crippen LogP contribution in [0.4, 0.5) is 39.3 Å². The molecule has 2 N–H and O–H groups in total. The summed E-state index contributed by atoms with van der Waals surface area (Å²) >= 11 is 0. The van der Waals surface area contributed by atoms with Gasteiger partial charge >= 0.3 is 6.18 Å². The van der Waals surface area contributed by atoms with E-state index >= 15 is 0 Å². The Morgan fingerprint density at radius 1 is 1.09 bits per heavy atom. The molecular formula is C24H27F5N4O2. The maximum atomic E-state index is 13.7. The highest BCUT2D eigenvalue weighted by Gasteiger charge is 2.47. The van der Waals surface area contributed by atoms with E-state index in [0.717, 1.165) is 29.9 Å². The number of alkyl halides is 3. The number of rotatable bonds is 7. The van der Waals surface area contributed by atoms with E-state index in [2.05, 4.69) is 15.6 Å². The van der Waals surface area contributed by atoms with Crippen molar-refractivity contribution in [3.05, 3.63) is 47.5 Å². The van der Waals surface area contributed by atoms with Gasteiger partial charge in [0.25, 0.3) is 0 Å². The summed E-state index contributed by atoms with van der Waals surface area (Å²) in [6.07, 6.45) is -2.76. The van der Waals surface area contributed by atoms with Gasteiger partial charge in [0.1, 0.15) is 23.5 Å². The molecule has 2 aliphatic rings. The van der Waals surface area contributed by atoms with Gasteiger partial charge in [-0.1, -0.05) is 0 Å². The molecule has 1 aromatic heterocycles. The number of anilines is 3. The van der Waals surface area contributed by atoms with Crippen LogP contribution in [0.25, 0.3) is 0 Å². The molecule has 0 saturated carbocycles. The molecule has 190 valence electrons. The van der Waals surface area contributed by atoms with Gasteiger partial charge in [0.15, 0.2) is 5.82 Å². The van der Waals surface area contributed by atoms with Crippen molar-refractivity contribution in [2.75, 3.05) is 41.8 Å². The quantitative estimate of drug-likeness (QED) is 0.531. The SMILES string of the molecule is O=C(Cc1cc(F)cc(F)c1)Nc1ccc(NCC2CCOCC2)nc1N1CCC[C@@H]1C(F)(F)F. The largest absolute Gasteiger partial charge is 0.408 e. The van der Waals surface area contributed by atoms with Crippen LogP contribution >= 0.6 is 0 Å². The topological polar surface area (TPSA) is 66.5 Å². The van der Waals surface area contributed by atoms with Crippen molar-refractivity contribution in [2.45, 2.75) is 44.3 Å². The first-order valence-electron chi connectivity index (χ1n) is 11.6. The minimum absolute atomic E-state index is 0.0144. The monoisotopic (exact) mass is 498 g/mol. The Morgan fingerprint density at radius 3 is 2.49 bits per heavy atom. The molecule has 1 atom stereocenters. The average Bonchev–Trinajstić information content (AvgIpc) is 3.29. The number of halogens is 5. The Balaban J connectivity index is 1.55. The molecule has 2 fully saturated rings. The number of pyridine rings is 1. The van der Waals surface area contributed by atoms with Crippen molar-refractivity contribution in [3.63, 3.8) is 0 Å². The summed E-state index contributed by atoms with van der Waals surface area (Å²) in [6.45, 7) is 2.09. The number of nitrogens with one attached hydrogen (secondary N) is 2. The molecule has 0 unspecified atom stereocenters. The summed E-state index contributed by atoms with van der Waals surface area (Å²) in [4.78, 5) is 18.2. The lowest BCUT2D eigenvalue weighted by Gasteiger charge is -2.29. The number of benzene rings is 1. The molecule has 0 bridgehead atoms. The number of aromatic nitrogens is 1. The molecule has 2 saturated heterocycles. The Hall–Kier alpha value is -2.95. The third-order valence-electron chi connectivity index (χ3n) is 6.25. The molecule has 2 aliphatic heterocycles. The number of carbonyl (C=O) groups excluding carboxylic acids is 1. The van der Waals surface area contributed by atoms with Gasteiger partial charge in [0.05, 0.1) is 12.1 Å². The highest BCUT2D eigenvalue weighted by atomic mass is 19.4. The van der Waals surface area contributed by atoms with Crippen molar-refractivity contribution in [1.82, 2.24) is 4.98 Å². The van der Waals surface area contributed by atoms with Crippen molar-refractivity contribution < 1.29 is 31.5 Å². The van der Waals surface area contributed by atoms with E-state index < -0.39 is 29.8 Å². The van der Waals surface area contributed by atoms with Crippen molar-refractivity contribution >= 4 is 23.2 Å². The molecular weight excluding hydrogens is 471 g/mol. The van der Waals surface area contributed by atoms with E-state index in [9.17, 15) is 26.7 Å². The Morgan fingerprint density at radius 2 is 1.80 bits per heavy atom. The lowest BCUT2D eigenvalue weighted by atomic mass is 10.0. The number of hydrogen-bond acceptors (Lipinski definition) is 5. The summed E-state index contributed by atoms with van der Waals surface area (Å²) in [5, 5.41) is 5.77. The molecule has 2 aromatic rings. The highest BCUT2D eigenvalue weighted by Crippen LogP contribution is 2.38. The lowest BCUT2D eigenvalue weighted by Crippen LogP contribution is -2.42. The summed E-state index contributed by atoms with van der Waals surface area (Å²) in [5.74, 6) is -1.47. The summed E-state index contributed by atoms with van der Waals surface area (Å²) < 4.78 is 73.4. The molecule has 4 rings (SSSR count). The molecule has 6 nitrogen and oxygen atoms in total. The zero-order valence-corrected chi connectivity index (χ0v) is 19.0. The van der Waals surface area contributed by atoms with Crippen molar-refractivity contribution in [1.29, 1.82) is 0 Å². The van der Waals surface area contributed by atoms with Gasteiger partial charge in [-0.2, -0.15) is 13.2 Å². The zero-order valence-electron chi connectivity index (χ0n) is 19.0. The molecule has 0 radical (unpaired) electrons. The van der Waals surface area contributed by atoms with Gasteiger partial charge in [-0.3, -0.25) is 4.79 Å². The van der Waals surface area contributed by atoms with Gasteiger partial charge in [0, 0.05) is 32.4 Å². The number of ether oxygens (including phenoxy) is 1. The Kier molecular flexibility index (Phi) is 7.73. The molecule has 35 heavy (non-hydrogen) atoms. The number of nitrogens with zero attached hydrogens (tertiary/aromatic N) is 2. The van der Waals surface area contributed by atoms with E-state index in [4.69, 9.17) is 4.74 Å². The molecule has 0 spiro atoms. The van der Waals surface area contributed by atoms with Gasteiger partial charge < -0.3 is 20.3 Å². The zero-order chi connectivity index (χ0) is 25.0. The molecule has 1 aromatic carbocycles. The van der Waals surface area contributed by atoms with Crippen LogP contribution in [-0.4, -0.2) is 49.4 Å². The van der Waals surface area contributed by atoms with Crippen LogP contribution in [0.2, 0.25) is 0 Å². The van der Waals surface area contributed by atoms with Crippen LogP contribution in [0.15, 0.2) is 30.3 Å². The molecule has 1 amide bonds. The summed E-state index contributed by atoms with van der Waals surface area (Å²) in [5.41, 5.74) is 0.221. The fourth-order valence-corrected chi connectivity index (χ4v) is 4.52.